The van der Waals surface area contributed by atoms with Crippen molar-refractivity contribution in [3.8, 4) is 0 Å². The number of hydrogen-bond acceptors (Lipinski definition) is 6. The zero-order valence-corrected chi connectivity index (χ0v) is 11.6. The Labute approximate surface area is 118 Å². The number of thioether (sulfide) groups is 1. The van der Waals surface area contributed by atoms with Crippen molar-refractivity contribution in [1.82, 2.24) is 4.98 Å². The lowest BCUT2D eigenvalue weighted by molar-refractivity contribution is -0.151. The third-order valence-corrected chi connectivity index (χ3v) is 5.75. The summed E-state index contributed by atoms with van der Waals surface area (Å²) in [6, 6.07) is 8.07. The first-order valence-electron chi connectivity index (χ1n) is 6.11. The molecule has 0 spiro atoms. The number of hydrogen-bond donors (Lipinski definition) is 0. The largest absolute Gasteiger partial charge is 0.343 e. The predicted octanol–water partition coefficient (Wildman–Crippen LogP) is 2.47. The summed E-state index contributed by atoms with van der Waals surface area (Å²) in [6.07, 6.45) is -0.0902. The SMILES string of the molecule is O=C1C[C@H](Sc2nc3ccccc3s2)[C@@H]2CO[C@H]1O2. The summed E-state index contributed by atoms with van der Waals surface area (Å²) in [4.78, 5) is 16.3. The summed E-state index contributed by atoms with van der Waals surface area (Å²) >= 11 is 3.30. The number of ether oxygens (including phenoxy) is 2. The average Bonchev–Trinajstić information content (AvgIpc) is 3.00. The van der Waals surface area contributed by atoms with Crippen LogP contribution in [0.4, 0.5) is 0 Å². The first kappa shape index (κ1) is 11.8. The van der Waals surface area contributed by atoms with Gasteiger partial charge in [0.25, 0.3) is 0 Å². The maximum absolute atomic E-state index is 11.7. The van der Waals surface area contributed by atoms with Crippen LogP contribution in [0, 0.1) is 0 Å². The normalized spacial score (nSPS) is 30.1. The van der Waals surface area contributed by atoms with Crippen LogP contribution in [0.25, 0.3) is 10.2 Å². The highest BCUT2D eigenvalue weighted by Crippen LogP contribution is 2.39. The molecule has 2 aromatic rings. The van der Waals surface area contributed by atoms with E-state index >= 15 is 0 Å². The minimum Gasteiger partial charge on any atom is -0.343 e. The van der Waals surface area contributed by atoms with E-state index in [1.165, 1.54) is 4.70 Å². The van der Waals surface area contributed by atoms with E-state index in [9.17, 15) is 4.79 Å². The quantitative estimate of drug-likeness (QED) is 0.851. The molecule has 2 fully saturated rings. The molecule has 4 rings (SSSR count). The average molecular weight is 293 g/mol. The van der Waals surface area contributed by atoms with E-state index in [4.69, 9.17) is 9.47 Å². The minimum atomic E-state index is -0.614. The monoisotopic (exact) mass is 293 g/mol. The van der Waals surface area contributed by atoms with E-state index in [2.05, 4.69) is 11.1 Å². The molecule has 1 aromatic carbocycles. The van der Waals surface area contributed by atoms with Gasteiger partial charge in [-0.1, -0.05) is 23.9 Å². The first-order valence-corrected chi connectivity index (χ1v) is 7.81. The Morgan fingerprint density at radius 1 is 1.37 bits per heavy atom. The van der Waals surface area contributed by atoms with Crippen molar-refractivity contribution in [3.63, 3.8) is 0 Å². The molecule has 3 heterocycles. The lowest BCUT2D eigenvalue weighted by atomic mass is 10.1. The summed E-state index contributed by atoms with van der Waals surface area (Å²) in [5.74, 6) is 0.0485. The number of carbonyl (C=O) groups is 1. The lowest BCUT2D eigenvalue weighted by Crippen LogP contribution is -2.37. The van der Waals surface area contributed by atoms with E-state index in [1.807, 2.05) is 18.2 Å². The van der Waals surface area contributed by atoms with Gasteiger partial charge in [0.05, 0.1) is 22.9 Å². The van der Waals surface area contributed by atoms with Gasteiger partial charge in [-0.2, -0.15) is 0 Å². The number of rotatable bonds is 2. The summed E-state index contributed by atoms with van der Waals surface area (Å²) in [5.41, 5.74) is 1.01. The van der Waals surface area contributed by atoms with E-state index < -0.39 is 6.29 Å². The molecule has 0 radical (unpaired) electrons. The van der Waals surface area contributed by atoms with Crippen LogP contribution in [0.3, 0.4) is 0 Å². The van der Waals surface area contributed by atoms with Crippen molar-refractivity contribution in [3.05, 3.63) is 24.3 Å². The number of benzene rings is 1. The number of ketones is 1. The number of aromatic nitrogens is 1. The highest BCUT2D eigenvalue weighted by atomic mass is 32.2. The van der Waals surface area contributed by atoms with Gasteiger partial charge in [-0.05, 0) is 12.1 Å². The highest BCUT2D eigenvalue weighted by molar-refractivity contribution is 8.01. The second kappa shape index (κ2) is 4.56. The molecule has 0 N–H and O–H groups in total. The third kappa shape index (κ3) is 2.08. The maximum atomic E-state index is 11.7. The van der Waals surface area contributed by atoms with Gasteiger partial charge in [0, 0.05) is 11.7 Å². The molecule has 0 amide bonds. The smallest absolute Gasteiger partial charge is 0.218 e. The Morgan fingerprint density at radius 3 is 3.16 bits per heavy atom. The van der Waals surface area contributed by atoms with E-state index in [0.717, 1.165) is 9.86 Å². The van der Waals surface area contributed by atoms with E-state index in [0.29, 0.717) is 13.0 Å². The molecule has 6 heteroatoms. The fourth-order valence-corrected chi connectivity index (χ4v) is 4.84. The van der Waals surface area contributed by atoms with Crippen molar-refractivity contribution in [1.29, 1.82) is 0 Å². The maximum Gasteiger partial charge on any atom is 0.218 e. The zero-order chi connectivity index (χ0) is 12.8. The van der Waals surface area contributed by atoms with Gasteiger partial charge in [-0.15, -0.1) is 11.3 Å². The summed E-state index contributed by atoms with van der Waals surface area (Å²) < 4.78 is 13.0. The summed E-state index contributed by atoms with van der Waals surface area (Å²) in [7, 11) is 0. The molecule has 4 nitrogen and oxygen atoms in total. The molecule has 2 aliphatic rings. The van der Waals surface area contributed by atoms with Gasteiger partial charge < -0.3 is 9.47 Å². The number of carbonyl (C=O) groups excluding carboxylic acids is 1. The van der Waals surface area contributed by atoms with Crippen LogP contribution in [0.2, 0.25) is 0 Å². The Morgan fingerprint density at radius 2 is 2.26 bits per heavy atom. The van der Waals surface area contributed by atoms with Gasteiger partial charge >= 0.3 is 0 Å². The van der Waals surface area contributed by atoms with Gasteiger partial charge in [-0.25, -0.2) is 4.98 Å². The van der Waals surface area contributed by atoms with Crippen molar-refractivity contribution < 1.29 is 14.3 Å². The molecular formula is C13H11NO3S2. The Kier molecular flexibility index (Phi) is 2.84. The van der Waals surface area contributed by atoms with Gasteiger partial charge in [0.2, 0.25) is 6.29 Å². The molecule has 2 saturated heterocycles. The second-order valence-electron chi connectivity index (χ2n) is 4.61. The minimum absolute atomic E-state index is 0.0136. The summed E-state index contributed by atoms with van der Waals surface area (Å²) in [6.45, 7) is 0.513. The van der Waals surface area contributed by atoms with E-state index in [1.54, 1.807) is 23.1 Å². The van der Waals surface area contributed by atoms with Crippen molar-refractivity contribution in [2.75, 3.05) is 6.61 Å². The van der Waals surface area contributed by atoms with Crippen LogP contribution in [-0.2, 0) is 14.3 Å². The number of thiazole rings is 1. The molecule has 3 atom stereocenters. The number of Topliss-reactive ketones (excluding diaryl/α,β-unsaturated/α-hetero) is 1. The van der Waals surface area contributed by atoms with Crippen molar-refractivity contribution in [2.24, 2.45) is 0 Å². The molecular weight excluding hydrogens is 282 g/mol. The Balaban J connectivity index is 1.58. The van der Waals surface area contributed by atoms with Crippen molar-refractivity contribution in [2.45, 2.75) is 28.4 Å². The highest BCUT2D eigenvalue weighted by Gasteiger charge is 2.43. The predicted molar refractivity (Wildman–Crippen MR) is 73.5 cm³/mol. The topological polar surface area (TPSA) is 48.4 Å². The zero-order valence-electron chi connectivity index (χ0n) is 9.94. The second-order valence-corrected chi connectivity index (χ2v) is 7.13. The Bertz CT molecular complexity index is 609. The molecule has 0 unspecified atom stereocenters. The van der Waals surface area contributed by atoms with Gasteiger partial charge in [0.1, 0.15) is 0 Å². The van der Waals surface area contributed by atoms with Crippen LogP contribution in [0.15, 0.2) is 28.6 Å². The summed E-state index contributed by atoms with van der Waals surface area (Å²) in [5, 5.41) is 0.117. The van der Waals surface area contributed by atoms with E-state index in [-0.39, 0.29) is 17.1 Å². The lowest BCUT2D eigenvalue weighted by Gasteiger charge is -2.24. The molecule has 0 aliphatic carbocycles. The Hall–Kier alpha value is -0.950. The van der Waals surface area contributed by atoms with Crippen LogP contribution in [0.5, 0.6) is 0 Å². The van der Waals surface area contributed by atoms with Crippen LogP contribution < -0.4 is 0 Å². The van der Waals surface area contributed by atoms with Gasteiger partial charge in [-0.3, -0.25) is 4.79 Å². The molecule has 1 aromatic heterocycles. The van der Waals surface area contributed by atoms with Crippen molar-refractivity contribution >= 4 is 39.1 Å². The first-order chi connectivity index (χ1) is 9.29. The van der Waals surface area contributed by atoms with Crippen LogP contribution >= 0.6 is 23.1 Å². The molecule has 0 saturated carbocycles. The fraction of sp³-hybridized carbons (Fsp3) is 0.385. The molecule has 98 valence electrons. The standard InChI is InChI=1S/C13H11NO3S2/c15-8-5-11(9-6-16-12(8)17-9)19-13-14-7-3-1-2-4-10(7)18-13/h1-4,9,11-12H,5-6H2/t9-,11-,12-/m0/s1. The van der Waals surface area contributed by atoms with Gasteiger partial charge in [0.15, 0.2) is 10.1 Å². The number of para-hydroxylation sites is 1. The fourth-order valence-electron chi connectivity index (χ4n) is 2.36. The molecule has 2 aliphatic heterocycles. The number of nitrogens with zero attached hydrogens (tertiary/aromatic N) is 1. The van der Waals surface area contributed by atoms with Crippen LogP contribution in [0.1, 0.15) is 6.42 Å². The number of fused-ring (bicyclic) bond motifs is 3. The third-order valence-electron chi connectivity index (χ3n) is 3.32. The van der Waals surface area contributed by atoms with Crippen LogP contribution in [-0.4, -0.2) is 35.0 Å². The molecule has 19 heavy (non-hydrogen) atoms. The molecule has 2 bridgehead atoms.